The largest absolute Gasteiger partial charge is 0.349 e. The fourth-order valence-corrected chi connectivity index (χ4v) is 5.30. The van der Waals surface area contributed by atoms with Crippen molar-refractivity contribution in [2.45, 2.75) is 56.7 Å². The number of aromatic nitrogens is 3. The van der Waals surface area contributed by atoms with Gasteiger partial charge in [0.2, 0.25) is 0 Å². The van der Waals surface area contributed by atoms with Crippen LogP contribution >= 0.6 is 0 Å². The summed E-state index contributed by atoms with van der Waals surface area (Å²) in [6, 6.07) is 12.6. The fourth-order valence-electron chi connectivity index (χ4n) is 5.30. The highest BCUT2D eigenvalue weighted by molar-refractivity contribution is 5.94. The predicted octanol–water partition coefficient (Wildman–Crippen LogP) is 3.10. The third-order valence-corrected chi connectivity index (χ3v) is 6.96. The van der Waals surface area contributed by atoms with Crippen LogP contribution in [-0.2, 0) is 0 Å². The van der Waals surface area contributed by atoms with Crippen LogP contribution < -0.4 is 11.0 Å². The van der Waals surface area contributed by atoms with Gasteiger partial charge in [0.1, 0.15) is 0 Å². The Morgan fingerprint density at radius 1 is 0.968 bits per heavy atom. The van der Waals surface area contributed by atoms with Gasteiger partial charge in [0.15, 0.2) is 0 Å². The van der Waals surface area contributed by atoms with Crippen LogP contribution in [0.5, 0.6) is 0 Å². The second-order valence-corrected chi connectivity index (χ2v) is 8.81. The van der Waals surface area contributed by atoms with Crippen LogP contribution in [-0.4, -0.2) is 50.5 Å². The zero-order valence-corrected chi connectivity index (χ0v) is 17.7. The van der Waals surface area contributed by atoms with Crippen molar-refractivity contribution in [2.24, 2.45) is 0 Å². The fraction of sp³-hybridized carbons (Fsp3) is 0.458. The van der Waals surface area contributed by atoms with Gasteiger partial charge in [-0.1, -0.05) is 12.1 Å². The van der Waals surface area contributed by atoms with E-state index in [4.69, 9.17) is 0 Å². The van der Waals surface area contributed by atoms with E-state index < -0.39 is 0 Å². The van der Waals surface area contributed by atoms with Crippen LogP contribution in [0.25, 0.3) is 11.0 Å². The Hall–Kier alpha value is -2.93. The van der Waals surface area contributed by atoms with Crippen LogP contribution in [0.15, 0.2) is 53.6 Å². The summed E-state index contributed by atoms with van der Waals surface area (Å²) in [7, 11) is 0. The van der Waals surface area contributed by atoms with Gasteiger partial charge >= 0.3 is 5.69 Å². The van der Waals surface area contributed by atoms with Crippen molar-refractivity contribution in [3.63, 3.8) is 0 Å². The molecule has 1 amide bonds. The molecule has 2 N–H and O–H groups in total. The molecule has 1 aliphatic carbocycles. The summed E-state index contributed by atoms with van der Waals surface area (Å²) in [6.45, 7) is 2.04. The molecule has 3 aromatic rings. The molecular weight excluding hydrogens is 390 g/mol. The van der Waals surface area contributed by atoms with E-state index in [0.717, 1.165) is 62.6 Å². The number of piperidine rings is 1. The Balaban J connectivity index is 1.14. The third kappa shape index (κ3) is 4.14. The van der Waals surface area contributed by atoms with E-state index in [0.29, 0.717) is 11.6 Å². The maximum Gasteiger partial charge on any atom is 0.326 e. The van der Waals surface area contributed by atoms with Crippen LogP contribution in [0.3, 0.4) is 0 Å². The van der Waals surface area contributed by atoms with Crippen molar-refractivity contribution in [3.05, 3.63) is 64.8 Å². The van der Waals surface area contributed by atoms with Crippen molar-refractivity contribution in [1.29, 1.82) is 0 Å². The number of fused-ring (bicyclic) bond motifs is 1. The summed E-state index contributed by atoms with van der Waals surface area (Å²) >= 11 is 0. The van der Waals surface area contributed by atoms with Crippen molar-refractivity contribution >= 4 is 16.9 Å². The summed E-state index contributed by atoms with van der Waals surface area (Å²) in [5.74, 6) is -0.0264. The van der Waals surface area contributed by atoms with Gasteiger partial charge in [-0.05, 0) is 62.8 Å². The minimum absolute atomic E-state index is 0.00418. The van der Waals surface area contributed by atoms with Gasteiger partial charge in [-0.2, -0.15) is 0 Å². The number of para-hydroxylation sites is 2. The van der Waals surface area contributed by atoms with E-state index in [-0.39, 0.29) is 23.7 Å². The molecule has 162 valence electrons. The number of nitrogens with one attached hydrogen (secondary N) is 2. The highest BCUT2D eigenvalue weighted by Gasteiger charge is 2.31. The number of pyridine rings is 1. The number of nitrogens with zero attached hydrogens (tertiary/aromatic N) is 3. The summed E-state index contributed by atoms with van der Waals surface area (Å²) in [4.78, 5) is 34.5. The average Bonchev–Trinajstić information content (AvgIpc) is 3.16. The van der Waals surface area contributed by atoms with Gasteiger partial charge in [0.05, 0.1) is 16.6 Å². The van der Waals surface area contributed by atoms with E-state index >= 15 is 0 Å². The second-order valence-electron chi connectivity index (χ2n) is 8.81. The lowest BCUT2D eigenvalue weighted by Crippen LogP contribution is -2.47. The molecule has 2 aliphatic rings. The molecular formula is C24H29N5O2. The van der Waals surface area contributed by atoms with Gasteiger partial charge < -0.3 is 15.2 Å². The maximum absolute atomic E-state index is 12.5. The predicted molar refractivity (Wildman–Crippen MR) is 120 cm³/mol. The number of rotatable bonds is 4. The third-order valence-electron chi connectivity index (χ3n) is 6.96. The Labute approximate surface area is 181 Å². The van der Waals surface area contributed by atoms with E-state index in [1.54, 1.807) is 24.5 Å². The molecule has 0 bridgehead atoms. The van der Waals surface area contributed by atoms with Crippen molar-refractivity contribution in [3.8, 4) is 0 Å². The molecule has 0 spiro atoms. The Morgan fingerprint density at radius 3 is 2.48 bits per heavy atom. The van der Waals surface area contributed by atoms with Crippen LogP contribution in [0.1, 0.15) is 54.9 Å². The first-order chi connectivity index (χ1) is 15.2. The van der Waals surface area contributed by atoms with Gasteiger partial charge in [-0.15, -0.1) is 0 Å². The Morgan fingerprint density at radius 2 is 1.74 bits per heavy atom. The molecule has 1 saturated heterocycles. The average molecular weight is 420 g/mol. The van der Waals surface area contributed by atoms with Crippen molar-refractivity contribution in [2.75, 3.05) is 13.1 Å². The van der Waals surface area contributed by atoms with Crippen LogP contribution in [0.4, 0.5) is 0 Å². The molecule has 2 aromatic heterocycles. The number of aromatic amines is 1. The first-order valence-electron chi connectivity index (χ1n) is 11.3. The highest BCUT2D eigenvalue weighted by Crippen LogP contribution is 2.30. The number of hydrogen-bond donors (Lipinski definition) is 2. The van der Waals surface area contributed by atoms with Crippen molar-refractivity contribution in [1.82, 2.24) is 24.8 Å². The van der Waals surface area contributed by atoms with Gasteiger partial charge in [0.25, 0.3) is 5.91 Å². The molecule has 1 aromatic carbocycles. The second kappa shape index (κ2) is 8.67. The number of amides is 1. The first kappa shape index (κ1) is 20.0. The molecule has 3 heterocycles. The van der Waals surface area contributed by atoms with Gasteiger partial charge in [0, 0.05) is 43.6 Å². The summed E-state index contributed by atoms with van der Waals surface area (Å²) in [5.41, 5.74) is 2.56. The molecule has 2 fully saturated rings. The standard InChI is InChI=1S/C24H29N5O2/c30-23(17-4-3-13-25-16-17)26-18-7-9-19(10-8-18)28-14-11-20(12-15-28)29-22-6-2-1-5-21(22)27-24(29)31/h1-6,13,16,18-20H,7-12,14-15H2,(H,26,30)(H,27,31)/t18-,19+. The number of carbonyl (C=O) groups excluding carboxylic acids is 1. The molecule has 0 atom stereocenters. The lowest BCUT2D eigenvalue weighted by molar-refractivity contribution is 0.0856. The molecule has 7 heteroatoms. The summed E-state index contributed by atoms with van der Waals surface area (Å²) in [5, 5.41) is 3.17. The zero-order valence-electron chi connectivity index (χ0n) is 17.7. The highest BCUT2D eigenvalue weighted by atomic mass is 16.2. The number of carbonyl (C=O) groups is 1. The number of benzene rings is 1. The molecule has 0 unspecified atom stereocenters. The van der Waals surface area contributed by atoms with Crippen LogP contribution in [0, 0.1) is 0 Å². The van der Waals surface area contributed by atoms with E-state index in [1.807, 2.05) is 28.8 Å². The number of imidazole rings is 1. The first-order valence-corrected chi connectivity index (χ1v) is 11.3. The van der Waals surface area contributed by atoms with E-state index in [9.17, 15) is 9.59 Å². The molecule has 7 nitrogen and oxygen atoms in total. The normalized spacial score (nSPS) is 23.1. The molecule has 5 rings (SSSR count). The van der Waals surface area contributed by atoms with Gasteiger partial charge in [-0.3, -0.25) is 14.3 Å². The Kier molecular flexibility index (Phi) is 5.59. The molecule has 1 aliphatic heterocycles. The number of likely N-dealkylation sites (tertiary alicyclic amines) is 1. The zero-order chi connectivity index (χ0) is 21.2. The minimum atomic E-state index is -0.0264. The topological polar surface area (TPSA) is 83.0 Å². The quantitative estimate of drug-likeness (QED) is 0.681. The minimum Gasteiger partial charge on any atom is -0.349 e. The van der Waals surface area contributed by atoms with E-state index in [2.05, 4.69) is 20.2 Å². The lowest BCUT2D eigenvalue weighted by atomic mass is 9.88. The molecule has 0 radical (unpaired) electrons. The summed E-state index contributed by atoms with van der Waals surface area (Å²) < 4.78 is 1.96. The monoisotopic (exact) mass is 419 g/mol. The SMILES string of the molecule is O=C(N[C@H]1CC[C@@H](N2CCC(n3c(=O)[nH]c4ccccc43)CC2)CC1)c1cccnc1. The smallest absolute Gasteiger partial charge is 0.326 e. The summed E-state index contributed by atoms with van der Waals surface area (Å²) in [6.07, 6.45) is 9.53. The maximum atomic E-state index is 12.5. The van der Waals surface area contributed by atoms with Crippen molar-refractivity contribution < 1.29 is 4.79 Å². The number of H-pyrrole nitrogens is 1. The lowest BCUT2D eigenvalue weighted by Gasteiger charge is -2.41. The number of hydrogen-bond acceptors (Lipinski definition) is 4. The molecule has 1 saturated carbocycles. The Bertz CT molecular complexity index is 1090. The van der Waals surface area contributed by atoms with E-state index in [1.165, 1.54) is 0 Å². The molecule has 31 heavy (non-hydrogen) atoms. The van der Waals surface area contributed by atoms with Gasteiger partial charge in [-0.25, -0.2) is 4.79 Å². The van der Waals surface area contributed by atoms with Crippen LogP contribution in [0.2, 0.25) is 0 Å².